The van der Waals surface area contributed by atoms with Crippen molar-refractivity contribution >= 4 is 58.1 Å². The summed E-state index contributed by atoms with van der Waals surface area (Å²) in [6.07, 6.45) is 0. The lowest BCUT2D eigenvalue weighted by molar-refractivity contribution is 0.0521. The van der Waals surface area contributed by atoms with Crippen LogP contribution in [0.2, 0.25) is 0 Å². The summed E-state index contributed by atoms with van der Waals surface area (Å²) in [7, 11) is 0. The third kappa shape index (κ3) is 7.02. The molecule has 0 radical (unpaired) electrons. The van der Waals surface area contributed by atoms with Crippen molar-refractivity contribution in [3.05, 3.63) is 80.6 Å². The maximum absolute atomic E-state index is 11.9. The molecule has 1 aromatic heterocycles. The van der Waals surface area contributed by atoms with Crippen molar-refractivity contribution in [1.82, 2.24) is 0 Å². The van der Waals surface area contributed by atoms with Gasteiger partial charge in [-0.1, -0.05) is 59.1 Å². The van der Waals surface area contributed by atoms with Crippen LogP contribution < -0.4 is 4.06 Å². The molecular formula is C21H18O5S4. The first-order valence-corrected chi connectivity index (χ1v) is 12.6. The predicted octanol–water partition coefficient (Wildman–Crippen LogP) is 5.07. The summed E-state index contributed by atoms with van der Waals surface area (Å²) >= 11 is 5.35. The molecule has 3 aromatic rings. The molecule has 0 unspecified atom stereocenters. The standard InChI is InChI=1S/C21H18O5S4/c22-17(15-7-3-1-4-8-15)25-11-13-27-19-20(30-21(24)29-19)28-14-12-26-18(23)16-9-5-2-6-10-16/h1-10H,11-14H2. The summed E-state index contributed by atoms with van der Waals surface area (Å²) in [6.45, 7) is 0.516. The molecule has 0 aliphatic carbocycles. The topological polar surface area (TPSA) is 69.7 Å². The maximum Gasteiger partial charge on any atom is 0.338 e. The fraction of sp³-hybridized carbons (Fsp3) is 0.190. The summed E-state index contributed by atoms with van der Waals surface area (Å²) < 4.78 is 12.4. The molecule has 156 valence electrons. The van der Waals surface area contributed by atoms with Crippen molar-refractivity contribution in [1.29, 1.82) is 0 Å². The molecule has 0 saturated carbocycles. The highest BCUT2D eigenvalue weighted by Crippen LogP contribution is 2.36. The number of esters is 2. The van der Waals surface area contributed by atoms with Gasteiger partial charge >= 0.3 is 11.9 Å². The molecule has 0 amide bonds. The fourth-order valence-corrected chi connectivity index (χ4v) is 7.31. The van der Waals surface area contributed by atoms with Crippen LogP contribution >= 0.6 is 46.2 Å². The molecule has 0 spiro atoms. The van der Waals surface area contributed by atoms with E-state index in [1.807, 2.05) is 12.1 Å². The first-order valence-electron chi connectivity index (χ1n) is 8.97. The van der Waals surface area contributed by atoms with Crippen LogP contribution in [-0.4, -0.2) is 36.7 Å². The third-order valence-electron chi connectivity index (χ3n) is 3.64. The number of benzene rings is 2. The lowest BCUT2D eigenvalue weighted by Gasteiger charge is -2.06. The molecule has 0 atom stereocenters. The monoisotopic (exact) mass is 478 g/mol. The minimum atomic E-state index is -0.357. The van der Waals surface area contributed by atoms with Gasteiger partial charge in [0.25, 0.3) is 4.06 Å². The van der Waals surface area contributed by atoms with E-state index < -0.39 is 0 Å². The number of carbonyl (C=O) groups is 2. The highest BCUT2D eigenvalue weighted by Gasteiger charge is 2.12. The van der Waals surface area contributed by atoms with E-state index in [0.717, 1.165) is 8.42 Å². The molecule has 0 aliphatic heterocycles. The Balaban J connectivity index is 1.40. The normalized spacial score (nSPS) is 10.5. The molecule has 1 heterocycles. The molecule has 5 nitrogen and oxygen atoms in total. The Labute approximate surface area is 190 Å². The van der Waals surface area contributed by atoms with Gasteiger partial charge < -0.3 is 9.47 Å². The highest BCUT2D eigenvalue weighted by molar-refractivity contribution is 8.05. The van der Waals surface area contributed by atoms with Gasteiger partial charge in [-0.15, -0.1) is 23.5 Å². The molecule has 0 N–H and O–H groups in total. The number of hydrogen-bond acceptors (Lipinski definition) is 9. The maximum atomic E-state index is 11.9. The first-order chi connectivity index (χ1) is 14.6. The lowest BCUT2D eigenvalue weighted by Crippen LogP contribution is -2.07. The van der Waals surface area contributed by atoms with Crippen LogP contribution in [0.1, 0.15) is 20.7 Å². The van der Waals surface area contributed by atoms with Gasteiger partial charge in [-0.2, -0.15) is 0 Å². The number of ether oxygens (including phenoxy) is 2. The second-order valence-corrected chi connectivity index (χ2v) is 10.7. The molecular weight excluding hydrogens is 460 g/mol. The van der Waals surface area contributed by atoms with E-state index in [4.69, 9.17) is 9.47 Å². The van der Waals surface area contributed by atoms with Gasteiger partial charge in [-0.3, -0.25) is 4.79 Å². The van der Waals surface area contributed by atoms with Crippen LogP contribution in [0.4, 0.5) is 0 Å². The van der Waals surface area contributed by atoms with Gasteiger partial charge in [-0.25, -0.2) is 9.59 Å². The molecule has 0 bridgehead atoms. The Morgan fingerprint density at radius 3 is 1.50 bits per heavy atom. The van der Waals surface area contributed by atoms with E-state index in [2.05, 4.69) is 0 Å². The minimum Gasteiger partial charge on any atom is -0.461 e. The van der Waals surface area contributed by atoms with Crippen LogP contribution in [-0.2, 0) is 9.47 Å². The summed E-state index contributed by atoms with van der Waals surface area (Å²) in [6, 6.07) is 17.7. The molecule has 3 rings (SSSR count). The average Bonchev–Trinajstić information content (AvgIpc) is 3.14. The van der Waals surface area contributed by atoms with Crippen LogP contribution in [0.25, 0.3) is 0 Å². The summed E-state index contributed by atoms with van der Waals surface area (Å²) in [5.41, 5.74) is 1.04. The predicted molar refractivity (Wildman–Crippen MR) is 123 cm³/mol. The molecule has 0 aliphatic rings. The second kappa shape index (κ2) is 11.9. The van der Waals surface area contributed by atoms with Gasteiger partial charge in [-0.05, 0) is 24.3 Å². The van der Waals surface area contributed by atoms with Crippen molar-refractivity contribution in [2.45, 2.75) is 8.42 Å². The van der Waals surface area contributed by atoms with Crippen molar-refractivity contribution < 1.29 is 19.1 Å². The van der Waals surface area contributed by atoms with Gasteiger partial charge in [0, 0.05) is 11.5 Å². The SMILES string of the molecule is O=C(OCCSc1sc(=O)sc1SCCOC(=O)c1ccccc1)c1ccccc1. The first kappa shape index (κ1) is 22.6. The molecule has 9 heteroatoms. The summed E-state index contributed by atoms with van der Waals surface area (Å²) in [4.78, 5) is 35.7. The Bertz CT molecular complexity index is 935. The molecule has 2 aromatic carbocycles. The Kier molecular flexibility index (Phi) is 9.00. The zero-order valence-corrected chi connectivity index (χ0v) is 19.0. The van der Waals surface area contributed by atoms with E-state index in [-0.39, 0.29) is 29.2 Å². The van der Waals surface area contributed by atoms with Crippen molar-refractivity contribution in [3.63, 3.8) is 0 Å². The van der Waals surface area contributed by atoms with Crippen LogP contribution in [0.3, 0.4) is 0 Å². The van der Waals surface area contributed by atoms with Crippen molar-refractivity contribution in [2.75, 3.05) is 24.7 Å². The van der Waals surface area contributed by atoms with Crippen molar-refractivity contribution in [2.24, 2.45) is 0 Å². The Morgan fingerprint density at radius 1 is 0.700 bits per heavy atom. The van der Waals surface area contributed by atoms with E-state index >= 15 is 0 Å². The number of rotatable bonds is 10. The second-order valence-electron chi connectivity index (χ2n) is 5.73. The van der Waals surface area contributed by atoms with Gasteiger partial charge in [0.1, 0.15) is 13.2 Å². The van der Waals surface area contributed by atoms with E-state index in [1.165, 1.54) is 46.2 Å². The van der Waals surface area contributed by atoms with Crippen LogP contribution in [0.5, 0.6) is 0 Å². The molecule has 0 saturated heterocycles. The van der Waals surface area contributed by atoms with Crippen LogP contribution in [0, 0.1) is 0 Å². The van der Waals surface area contributed by atoms with Crippen molar-refractivity contribution in [3.8, 4) is 0 Å². The van der Waals surface area contributed by atoms with Crippen LogP contribution in [0.15, 0.2) is 73.9 Å². The zero-order chi connectivity index (χ0) is 21.2. The number of thioether (sulfide) groups is 2. The lowest BCUT2D eigenvalue weighted by atomic mass is 10.2. The third-order valence-corrected chi connectivity index (χ3v) is 8.65. The highest BCUT2D eigenvalue weighted by atomic mass is 32.2. The fourth-order valence-electron chi connectivity index (χ4n) is 2.28. The van der Waals surface area contributed by atoms with Gasteiger partial charge in [0.05, 0.1) is 19.5 Å². The Morgan fingerprint density at radius 2 is 1.10 bits per heavy atom. The number of carbonyl (C=O) groups excluding carboxylic acids is 2. The quantitative estimate of drug-likeness (QED) is 0.229. The summed E-state index contributed by atoms with van der Waals surface area (Å²) in [5.74, 6) is 0.401. The summed E-state index contributed by atoms with van der Waals surface area (Å²) in [5, 5.41) is 0. The van der Waals surface area contributed by atoms with Gasteiger partial charge in [0.2, 0.25) is 0 Å². The largest absolute Gasteiger partial charge is 0.461 e. The van der Waals surface area contributed by atoms with E-state index in [9.17, 15) is 14.4 Å². The van der Waals surface area contributed by atoms with E-state index in [1.54, 1.807) is 48.5 Å². The van der Waals surface area contributed by atoms with E-state index in [0.29, 0.717) is 22.6 Å². The zero-order valence-electron chi connectivity index (χ0n) is 15.8. The smallest absolute Gasteiger partial charge is 0.338 e. The minimum absolute atomic E-state index is 0.0163. The molecule has 0 fully saturated rings. The molecule has 30 heavy (non-hydrogen) atoms. The number of hydrogen-bond donors (Lipinski definition) is 0. The average molecular weight is 479 g/mol. The van der Waals surface area contributed by atoms with Gasteiger partial charge in [0.15, 0.2) is 0 Å². The Hall–Kier alpha value is -2.07.